The Hall–Kier alpha value is -4.09. The van der Waals surface area contributed by atoms with Crippen LogP contribution in [0.25, 0.3) is 0 Å². The van der Waals surface area contributed by atoms with Crippen molar-refractivity contribution in [1.82, 2.24) is 10.6 Å². The number of carboxylic acids is 1. The molecule has 0 bridgehead atoms. The normalized spacial score (nSPS) is 17.6. The van der Waals surface area contributed by atoms with E-state index in [9.17, 15) is 29.1 Å². The molecule has 4 atom stereocenters. The van der Waals surface area contributed by atoms with Crippen molar-refractivity contribution in [2.45, 2.75) is 89.1 Å². The Morgan fingerprint density at radius 1 is 0.977 bits per heavy atom. The number of ether oxygens (including phenoxy) is 2. The van der Waals surface area contributed by atoms with Crippen molar-refractivity contribution < 1.29 is 38.6 Å². The molecule has 2 aromatic rings. The van der Waals surface area contributed by atoms with Gasteiger partial charge in [-0.2, -0.15) is 0 Å². The summed E-state index contributed by atoms with van der Waals surface area (Å²) in [4.78, 5) is 65.9. The molecule has 1 aliphatic carbocycles. The number of carbonyl (C=O) groups excluding carboxylic acids is 4. The first kappa shape index (κ1) is 34.4. The molecule has 0 aromatic heterocycles. The van der Waals surface area contributed by atoms with Gasteiger partial charge in [0.15, 0.2) is 11.6 Å². The van der Waals surface area contributed by atoms with Gasteiger partial charge in [-0.25, -0.2) is 4.79 Å². The van der Waals surface area contributed by atoms with Crippen molar-refractivity contribution in [1.29, 1.82) is 0 Å². The Kier molecular flexibility index (Phi) is 12.2. The van der Waals surface area contributed by atoms with E-state index in [0.29, 0.717) is 18.6 Å². The van der Waals surface area contributed by atoms with Gasteiger partial charge in [-0.1, -0.05) is 74.7 Å². The zero-order chi connectivity index (χ0) is 32.3. The van der Waals surface area contributed by atoms with E-state index in [1.165, 1.54) is 6.92 Å². The highest BCUT2D eigenvalue weighted by Gasteiger charge is 2.49. The molecule has 1 saturated carbocycles. The maximum atomic E-state index is 14.1. The van der Waals surface area contributed by atoms with Gasteiger partial charge >= 0.3 is 5.97 Å². The van der Waals surface area contributed by atoms with Gasteiger partial charge in [0.1, 0.15) is 17.3 Å². The van der Waals surface area contributed by atoms with Crippen LogP contribution in [0.3, 0.4) is 0 Å². The number of ketones is 2. The SMILES string of the molecule is CCC(N)(C(=O)O)C(=O)C(=O)C(COCc1ccccc1)NC(=O)C(C)(NC(=O)C(C)Oc1ccccc1)C1CCCCC1. The summed E-state index contributed by atoms with van der Waals surface area (Å²) in [5.41, 5.74) is 2.68. The molecule has 0 saturated heterocycles. The highest BCUT2D eigenvalue weighted by Crippen LogP contribution is 2.33. The molecule has 238 valence electrons. The number of Topliss-reactive ketones (excluding diaryl/α,β-unsaturated/α-hetero) is 2. The van der Waals surface area contributed by atoms with Crippen LogP contribution in [0.4, 0.5) is 0 Å². The van der Waals surface area contributed by atoms with E-state index in [0.717, 1.165) is 24.8 Å². The van der Waals surface area contributed by atoms with Gasteiger partial charge in [-0.3, -0.25) is 19.2 Å². The first-order chi connectivity index (χ1) is 20.9. The van der Waals surface area contributed by atoms with Gasteiger partial charge < -0.3 is 30.9 Å². The Bertz CT molecular complexity index is 1300. The van der Waals surface area contributed by atoms with Crippen LogP contribution in [0, 0.1) is 5.92 Å². The molecule has 1 aliphatic rings. The van der Waals surface area contributed by atoms with E-state index < -0.39 is 59.2 Å². The molecule has 1 fully saturated rings. The average Bonchev–Trinajstić information content (AvgIpc) is 3.04. The summed E-state index contributed by atoms with van der Waals surface area (Å²) in [6, 6.07) is 16.3. The Balaban J connectivity index is 1.87. The van der Waals surface area contributed by atoms with E-state index >= 15 is 0 Å². The van der Waals surface area contributed by atoms with Crippen LogP contribution in [0.15, 0.2) is 60.7 Å². The standard InChI is InChI=1S/C33H43N3O8/c1-4-33(34,31(41)42)28(38)27(37)26(21-43-20-23-14-8-5-9-15-23)35-30(40)32(3,24-16-10-6-11-17-24)36-29(39)22(2)44-25-18-12-7-13-19-25/h5,7-9,12-15,18-19,22,24,26H,4,6,10-11,16-17,20-21,34H2,1-3H3,(H,35,40)(H,36,39)(H,41,42). The summed E-state index contributed by atoms with van der Waals surface area (Å²) >= 11 is 0. The molecule has 0 spiro atoms. The topological polar surface area (TPSA) is 174 Å². The van der Waals surface area contributed by atoms with Crippen molar-refractivity contribution in [2.24, 2.45) is 11.7 Å². The quantitative estimate of drug-likeness (QED) is 0.165. The smallest absolute Gasteiger partial charge is 0.331 e. The van der Waals surface area contributed by atoms with Gasteiger partial charge in [0.2, 0.25) is 17.5 Å². The van der Waals surface area contributed by atoms with Crippen LogP contribution < -0.4 is 21.1 Å². The second kappa shape index (κ2) is 15.6. The summed E-state index contributed by atoms with van der Waals surface area (Å²) in [6.45, 7) is 4.19. The Morgan fingerprint density at radius 3 is 2.14 bits per heavy atom. The van der Waals surface area contributed by atoms with E-state index in [1.807, 2.05) is 24.3 Å². The number of hydrogen-bond acceptors (Lipinski definition) is 8. The average molecular weight is 610 g/mol. The number of rotatable bonds is 16. The minimum absolute atomic E-state index is 0.0696. The second-order valence-corrected chi connectivity index (χ2v) is 11.4. The zero-order valence-electron chi connectivity index (χ0n) is 25.5. The molecule has 2 aromatic carbocycles. The van der Waals surface area contributed by atoms with E-state index in [-0.39, 0.29) is 18.9 Å². The number of amides is 2. The highest BCUT2D eigenvalue weighted by atomic mass is 16.5. The Labute approximate surface area is 257 Å². The summed E-state index contributed by atoms with van der Waals surface area (Å²) in [6.07, 6.45) is 2.72. The van der Waals surface area contributed by atoms with Crippen molar-refractivity contribution in [3.63, 3.8) is 0 Å². The predicted octanol–water partition coefficient (Wildman–Crippen LogP) is 2.94. The van der Waals surface area contributed by atoms with Crippen LogP contribution in [0.1, 0.15) is 64.9 Å². The fourth-order valence-corrected chi connectivity index (χ4v) is 5.29. The Morgan fingerprint density at radius 2 is 1.57 bits per heavy atom. The van der Waals surface area contributed by atoms with E-state index in [1.54, 1.807) is 50.2 Å². The minimum atomic E-state index is -2.47. The van der Waals surface area contributed by atoms with Crippen LogP contribution >= 0.6 is 0 Å². The second-order valence-electron chi connectivity index (χ2n) is 11.4. The molecule has 0 radical (unpaired) electrons. The fourth-order valence-electron chi connectivity index (χ4n) is 5.29. The molecule has 44 heavy (non-hydrogen) atoms. The zero-order valence-corrected chi connectivity index (χ0v) is 25.5. The fraction of sp³-hybridized carbons (Fsp3) is 0.485. The number of carboxylic acid groups (broad SMARTS) is 1. The lowest BCUT2D eigenvalue weighted by Crippen LogP contribution is -2.66. The van der Waals surface area contributed by atoms with E-state index in [2.05, 4.69) is 10.6 Å². The van der Waals surface area contributed by atoms with Crippen molar-refractivity contribution in [3.05, 3.63) is 66.2 Å². The van der Waals surface area contributed by atoms with Crippen molar-refractivity contribution in [2.75, 3.05) is 6.61 Å². The third-order valence-electron chi connectivity index (χ3n) is 8.29. The minimum Gasteiger partial charge on any atom is -0.481 e. The predicted molar refractivity (Wildman–Crippen MR) is 163 cm³/mol. The van der Waals surface area contributed by atoms with Gasteiger partial charge in [0.05, 0.1) is 13.2 Å². The number of nitrogens with one attached hydrogen (secondary N) is 2. The molecule has 4 unspecified atom stereocenters. The van der Waals surface area contributed by atoms with Crippen molar-refractivity contribution in [3.8, 4) is 5.75 Å². The third-order valence-corrected chi connectivity index (χ3v) is 8.29. The number of carbonyl (C=O) groups is 5. The molecule has 2 amide bonds. The van der Waals surface area contributed by atoms with E-state index in [4.69, 9.17) is 15.2 Å². The summed E-state index contributed by atoms with van der Waals surface area (Å²) in [7, 11) is 0. The maximum absolute atomic E-state index is 14.1. The molecule has 0 aliphatic heterocycles. The first-order valence-corrected chi connectivity index (χ1v) is 15.0. The van der Waals surface area contributed by atoms with Crippen LogP contribution in [0.5, 0.6) is 5.75 Å². The molecule has 0 heterocycles. The molecular formula is C33H43N3O8. The number of nitrogens with two attached hydrogens (primary N) is 1. The molecule has 3 rings (SSSR count). The third kappa shape index (κ3) is 8.51. The monoisotopic (exact) mass is 609 g/mol. The summed E-state index contributed by atoms with van der Waals surface area (Å²) < 4.78 is 11.5. The lowest BCUT2D eigenvalue weighted by molar-refractivity contribution is -0.153. The number of hydrogen-bond donors (Lipinski definition) is 4. The van der Waals surface area contributed by atoms with Gasteiger partial charge in [0, 0.05) is 0 Å². The van der Waals surface area contributed by atoms with Crippen LogP contribution in [0.2, 0.25) is 0 Å². The van der Waals surface area contributed by atoms with Crippen molar-refractivity contribution >= 4 is 29.4 Å². The van der Waals surface area contributed by atoms with Gasteiger partial charge in [-0.15, -0.1) is 0 Å². The number of aliphatic carboxylic acids is 1. The maximum Gasteiger partial charge on any atom is 0.331 e. The van der Waals surface area contributed by atoms with Gasteiger partial charge in [0.25, 0.3) is 5.91 Å². The summed E-state index contributed by atoms with van der Waals surface area (Å²) in [5, 5.41) is 15.1. The van der Waals surface area contributed by atoms with Crippen LogP contribution in [-0.2, 0) is 35.3 Å². The number of para-hydroxylation sites is 1. The lowest BCUT2D eigenvalue weighted by Gasteiger charge is -2.40. The lowest BCUT2D eigenvalue weighted by atomic mass is 9.74. The molecular weight excluding hydrogens is 566 g/mol. The highest BCUT2D eigenvalue weighted by molar-refractivity contribution is 6.46. The molecule has 11 heteroatoms. The molecule has 11 nitrogen and oxygen atoms in total. The first-order valence-electron chi connectivity index (χ1n) is 15.0. The van der Waals surface area contributed by atoms with Crippen LogP contribution in [-0.4, -0.2) is 64.3 Å². The summed E-state index contributed by atoms with van der Waals surface area (Å²) in [5.74, 6) is -5.23. The molecule has 5 N–H and O–H groups in total. The number of benzene rings is 2. The van der Waals surface area contributed by atoms with Gasteiger partial charge in [-0.05, 0) is 56.7 Å². The largest absolute Gasteiger partial charge is 0.481 e.